The topological polar surface area (TPSA) is 68.0 Å². The second-order valence-electron chi connectivity index (χ2n) is 3.97. The number of rotatable bonds is 12. The third-order valence-electron chi connectivity index (χ3n) is 2.56. The minimum atomic E-state index is -0.128. The van der Waals surface area contributed by atoms with Crippen molar-refractivity contribution in [3.63, 3.8) is 0 Å². The molecule has 0 spiro atoms. The van der Waals surface area contributed by atoms with Crippen LogP contribution in [-0.2, 0) is 9.47 Å². The second-order valence-corrected chi connectivity index (χ2v) is 3.97. The molecule has 0 aliphatic carbocycles. The summed E-state index contributed by atoms with van der Waals surface area (Å²) >= 11 is 0. The number of nitrogens with zero attached hydrogens (tertiary/aromatic N) is 1. The molecule has 0 aromatic carbocycles. The summed E-state index contributed by atoms with van der Waals surface area (Å²) in [6, 6.07) is -0.128. The Kier molecular flexibility index (Phi) is 12.1. The molecule has 0 bridgehead atoms. The fourth-order valence-corrected chi connectivity index (χ4v) is 1.45. The van der Waals surface area contributed by atoms with Crippen molar-refractivity contribution in [1.82, 2.24) is 4.90 Å². The molecule has 3 N–H and O–H groups in total. The van der Waals surface area contributed by atoms with E-state index in [-0.39, 0.29) is 12.6 Å². The van der Waals surface area contributed by atoms with Gasteiger partial charge in [0.2, 0.25) is 0 Å². The van der Waals surface area contributed by atoms with Crippen LogP contribution < -0.4 is 5.73 Å². The van der Waals surface area contributed by atoms with Crippen LogP contribution in [0.2, 0.25) is 0 Å². The Labute approximate surface area is 105 Å². The van der Waals surface area contributed by atoms with E-state index in [9.17, 15) is 0 Å². The Balaban J connectivity index is 3.75. The molecule has 0 aromatic heterocycles. The quantitative estimate of drug-likeness (QED) is 0.478. The van der Waals surface area contributed by atoms with E-state index in [2.05, 4.69) is 4.90 Å². The lowest BCUT2D eigenvalue weighted by atomic mass is 10.2. The maximum Gasteiger partial charge on any atom is 0.0593 e. The van der Waals surface area contributed by atoms with Gasteiger partial charge in [-0.05, 0) is 26.8 Å². The molecule has 0 rings (SSSR count). The smallest absolute Gasteiger partial charge is 0.0593 e. The third-order valence-corrected chi connectivity index (χ3v) is 2.56. The standard InChI is InChI=1S/C12H28N2O3/c1-3-16-9-7-14(8-10-17-4-2)6-5-12(13)11-15/h12,15H,3-11,13H2,1-2H3. The van der Waals surface area contributed by atoms with Crippen molar-refractivity contribution >= 4 is 0 Å². The highest BCUT2D eigenvalue weighted by Gasteiger charge is 2.07. The van der Waals surface area contributed by atoms with Crippen molar-refractivity contribution in [3.8, 4) is 0 Å². The van der Waals surface area contributed by atoms with Gasteiger partial charge in [0, 0.05) is 32.3 Å². The first kappa shape index (κ1) is 16.8. The fraction of sp³-hybridized carbons (Fsp3) is 1.00. The van der Waals surface area contributed by atoms with Gasteiger partial charge < -0.3 is 20.3 Å². The molecule has 0 saturated heterocycles. The molecule has 104 valence electrons. The van der Waals surface area contributed by atoms with Gasteiger partial charge >= 0.3 is 0 Å². The lowest BCUT2D eigenvalue weighted by Gasteiger charge is -2.23. The maximum atomic E-state index is 8.88. The van der Waals surface area contributed by atoms with E-state index in [1.165, 1.54) is 0 Å². The summed E-state index contributed by atoms with van der Waals surface area (Å²) in [5, 5.41) is 8.88. The fourth-order valence-electron chi connectivity index (χ4n) is 1.45. The van der Waals surface area contributed by atoms with Crippen LogP contribution in [0, 0.1) is 0 Å². The minimum Gasteiger partial charge on any atom is -0.395 e. The summed E-state index contributed by atoms with van der Waals surface area (Å²) in [6.07, 6.45) is 0.800. The Morgan fingerprint density at radius 3 is 2.00 bits per heavy atom. The van der Waals surface area contributed by atoms with Crippen LogP contribution in [0.15, 0.2) is 0 Å². The largest absolute Gasteiger partial charge is 0.395 e. The van der Waals surface area contributed by atoms with Crippen LogP contribution in [-0.4, -0.2) is 68.7 Å². The first-order valence-corrected chi connectivity index (χ1v) is 6.48. The number of aliphatic hydroxyl groups is 1. The number of nitrogens with two attached hydrogens (primary N) is 1. The summed E-state index contributed by atoms with van der Waals surface area (Å²) in [6.45, 7) is 9.64. The van der Waals surface area contributed by atoms with E-state index in [1.54, 1.807) is 0 Å². The van der Waals surface area contributed by atoms with Gasteiger partial charge in [-0.15, -0.1) is 0 Å². The maximum absolute atomic E-state index is 8.88. The monoisotopic (exact) mass is 248 g/mol. The SMILES string of the molecule is CCOCCN(CCOCC)CCC(N)CO. The predicted octanol–water partition coefficient (Wildman–Crippen LogP) is 0.0711. The van der Waals surface area contributed by atoms with E-state index in [4.69, 9.17) is 20.3 Å². The number of aliphatic hydroxyl groups excluding tert-OH is 1. The van der Waals surface area contributed by atoms with E-state index in [0.29, 0.717) is 0 Å². The van der Waals surface area contributed by atoms with Crippen LogP contribution >= 0.6 is 0 Å². The molecule has 0 saturated carbocycles. The molecular weight excluding hydrogens is 220 g/mol. The van der Waals surface area contributed by atoms with Gasteiger partial charge in [0.1, 0.15) is 0 Å². The molecule has 0 fully saturated rings. The van der Waals surface area contributed by atoms with Crippen molar-refractivity contribution in [2.75, 3.05) is 52.7 Å². The highest BCUT2D eigenvalue weighted by atomic mass is 16.5. The number of hydrogen-bond acceptors (Lipinski definition) is 5. The zero-order valence-electron chi connectivity index (χ0n) is 11.2. The second kappa shape index (κ2) is 12.3. The molecule has 5 nitrogen and oxygen atoms in total. The Bertz CT molecular complexity index is 149. The van der Waals surface area contributed by atoms with Gasteiger partial charge in [-0.2, -0.15) is 0 Å². The summed E-state index contributed by atoms with van der Waals surface area (Å²) in [4.78, 5) is 2.26. The highest BCUT2D eigenvalue weighted by Crippen LogP contribution is 1.95. The van der Waals surface area contributed by atoms with E-state index >= 15 is 0 Å². The number of ether oxygens (including phenoxy) is 2. The van der Waals surface area contributed by atoms with Crippen molar-refractivity contribution in [2.24, 2.45) is 5.73 Å². The van der Waals surface area contributed by atoms with Gasteiger partial charge in [-0.3, -0.25) is 4.90 Å². The molecule has 0 heterocycles. The summed E-state index contributed by atoms with van der Waals surface area (Å²) in [7, 11) is 0. The van der Waals surface area contributed by atoms with Crippen LogP contribution in [0.4, 0.5) is 0 Å². The Hall–Kier alpha value is -0.200. The molecule has 0 aromatic rings. The minimum absolute atomic E-state index is 0.0464. The van der Waals surface area contributed by atoms with Gasteiger partial charge in [0.15, 0.2) is 0 Å². The van der Waals surface area contributed by atoms with Gasteiger partial charge in [0.25, 0.3) is 0 Å². The van der Waals surface area contributed by atoms with E-state index in [0.717, 1.165) is 52.5 Å². The normalized spacial score (nSPS) is 13.2. The van der Waals surface area contributed by atoms with Gasteiger partial charge in [0.05, 0.1) is 19.8 Å². The van der Waals surface area contributed by atoms with Crippen molar-refractivity contribution in [1.29, 1.82) is 0 Å². The van der Waals surface area contributed by atoms with Crippen molar-refractivity contribution in [2.45, 2.75) is 26.3 Å². The van der Waals surface area contributed by atoms with E-state index in [1.807, 2.05) is 13.8 Å². The Morgan fingerprint density at radius 2 is 1.59 bits per heavy atom. The van der Waals surface area contributed by atoms with Gasteiger partial charge in [-0.25, -0.2) is 0 Å². The molecule has 0 aliphatic rings. The van der Waals surface area contributed by atoms with Crippen LogP contribution in [0.25, 0.3) is 0 Å². The zero-order valence-corrected chi connectivity index (χ0v) is 11.2. The molecular formula is C12H28N2O3. The molecule has 1 unspecified atom stereocenters. The van der Waals surface area contributed by atoms with E-state index < -0.39 is 0 Å². The third kappa shape index (κ3) is 10.7. The zero-order chi connectivity index (χ0) is 12.9. The molecule has 0 aliphatic heterocycles. The van der Waals surface area contributed by atoms with Crippen LogP contribution in [0.1, 0.15) is 20.3 Å². The molecule has 0 amide bonds. The average molecular weight is 248 g/mol. The summed E-state index contributed by atoms with van der Waals surface area (Å²) in [5.74, 6) is 0. The first-order chi connectivity index (χ1) is 8.24. The molecule has 17 heavy (non-hydrogen) atoms. The highest BCUT2D eigenvalue weighted by molar-refractivity contribution is 4.64. The Morgan fingerprint density at radius 1 is 1.06 bits per heavy atom. The molecule has 5 heteroatoms. The predicted molar refractivity (Wildman–Crippen MR) is 69.1 cm³/mol. The van der Waals surface area contributed by atoms with Crippen molar-refractivity contribution in [3.05, 3.63) is 0 Å². The molecule has 0 radical (unpaired) electrons. The molecule has 1 atom stereocenters. The number of hydrogen-bond donors (Lipinski definition) is 2. The summed E-state index contributed by atoms with van der Waals surface area (Å²) in [5.41, 5.74) is 5.69. The average Bonchev–Trinajstić information content (AvgIpc) is 2.35. The van der Waals surface area contributed by atoms with Gasteiger partial charge in [-0.1, -0.05) is 0 Å². The lowest BCUT2D eigenvalue weighted by molar-refractivity contribution is 0.0805. The first-order valence-electron chi connectivity index (χ1n) is 6.48. The van der Waals surface area contributed by atoms with Crippen molar-refractivity contribution < 1.29 is 14.6 Å². The lowest BCUT2D eigenvalue weighted by Crippen LogP contribution is -2.36. The summed E-state index contributed by atoms with van der Waals surface area (Å²) < 4.78 is 10.7. The van der Waals surface area contributed by atoms with Crippen LogP contribution in [0.3, 0.4) is 0 Å². The van der Waals surface area contributed by atoms with Crippen LogP contribution in [0.5, 0.6) is 0 Å².